The standard InChI is InChI=1S/C18H26FNO3/c1-12(2)15(21)10-11-16(13-6-8-14(19)9-7-13)23-17(22)20-18(3,4)5/h6-9,12,16H,10-11H2,1-5H3,(H,20,22)/t16-/m0/s1. The fourth-order valence-corrected chi connectivity index (χ4v) is 2.00. The molecular weight excluding hydrogens is 297 g/mol. The van der Waals surface area contributed by atoms with Gasteiger partial charge in [0.15, 0.2) is 0 Å². The summed E-state index contributed by atoms with van der Waals surface area (Å²) in [6, 6.07) is 5.78. The SMILES string of the molecule is CC(C)C(=O)CC[C@H](OC(=O)NC(C)(C)C)c1ccc(F)cc1. The number of rotatable bonds is 6. The molecule has 0 heterocycles. The van der Waals surface area contributed by atoms with Gasteiger partial charge < -0.3 is 10.1 Å². The van der Waals surface area contributed by atoms with Crippen LogP contribution in [0.2, 0.25) is 0 Å². The summed E-state index contributed by atoms with van der Waals surface area (Å²) in [4.78, 5) is 23.8. The highest BCUT2D eigenvalue weighted by Gasteiger charge is 2.22. The fraction of sp³-hybridized carbons (Fsp3) is 0.556. The molecule has 0 spiro atoms. The topological polar surface area (TPSA) is 55.4 Å². The molecule has 1 amide bonds. The minimum atomic E-state index is -0.583. The highest BCUT2D eigenvalue weighted by molar-refractivity contribution is 5.80. The average Bonchev–Trinajstić information content (AvgIpc) is 2.41. The highest BCUT2D eigenvalue weighted by atomic mass is 19.1. The Kier molecular flexibility index (Phi) is 6.73. The van der Waals surface area contributed by atoms with Crippen molar-refractivity contribution in [3.8, 4) is 0 Å². The lowest BCUT2D eigenvalue weighted by atomic mass is 9.99. The molecule has 0 fully saturated rings. The van der Waals surface area contributed by atoms with Crippen molar-refractivity contribution >= 4 is 11.9 Å². The number of benzene rings is 1. The van der Waals surface area contributed by atoms with Gasteiger partial charge in [0.05, 0.1) is 0 Å². The number of ketones is 1. The molecule has 0 saturated carbocycles. The molecule has 0 aliphatic carbocycles. The van der Waals surface area contributed by atoms with Crippen LogP contribution in [0.5, 0.6) is 0 Å². The fourth-order valence-electron chi connectivity index (χ4n) is 2.00. The Bertz CT molecular complexity index is 532. The number of nitrogens with one attached hydrogen (secondary N) is 1. The van der Waals surface area contributed by atoms with Gasteiger partial charge in [-0.1, -0.05) is 26.0 Å². The van der Waals surface area contributed by atoms with Gasteiger partial charge in [-0.05, 0) is 44.9 Å². The largest absolute Gasteiger partial charge is 0.441 e. The summed E-state index contributed by atoms with van der Waals surface area (Å²) >= 11 is 0. The molecule has 0 aromatic heterocycles. The van der Waals surface area contributed by atoms with Gasteiger partial charge in [0, 0.05) is 17.9 Å². The third-order valence-corrected chi connectivity index (χ3v) is 3.27. The summed E-state index contributed by atoms with van der Waals surface area (Å²) in [6.07, 6.45) is -0.451. The predicted octanol–water partition coefficient (Wildman–Crippen LogP) is 4.40. The van der Waals surface area contributed by atoms with Crippen molar-refractivity contribution in [1.82, 2.24) is 5.32 Å². The van der Waals surface area contributed by atoms with E-state index in [0.717, 1.165) is 0 Å². The van der Waals surface area contributed by atoms with E-state index < -0.39 is 17.7 Å². The maximum Gasteiger partial charge on any atom is 0.408 e. The van der Waals surface area contributed by atoms with Crippen molar-refractivity contribution in [1.29, 1.82) is 0 Å². The molecule has 1 aromatic carbocycles. The van der Waals surface area contributed by atoms with E-state index in [4.69, 9.17) is 4.74 Å². The molecule has 0 radical (unpaired) electrons. The molecule has 1 aromatic rings. The van der Waals surface area contributed by atoms with Gasteiger partial charge >= 0.3 is 6.09 Å². The molecule has 0 aliphatic heterocycles. The molecule has 0 bridgehead atoms. The number of halogens is 1. The molecule has 1 atom stereocenters. The number of amides is 1. The number of hydrogen-bond donors (Lipinski definition) is 1. The predicted molar refractivity (Wildman–Crippen MR) is 87.6 cm³/mol. The first kappa shape index (κ1) is 19.1. The Labute approximate surface area is 137 Å². The first-order chi connectivity index (χ1) is 10.6. The number of Topliss-reactive ketones (excluding diaryl/α,β-unsaturated/α-hetero) is 1. The van der Waals surface area contributed by atoms with E-state index in [1.54, 1.807) is 12.1 Å². The molecule has 23 heavy (non-hydrogen) atoms. The van der Waals surface area contributed by atoms with Gasteiger partial charge in [-0.2, -0.15) is 0 Å². The third-order valence-electron chi connectivity index (χ3n) is 3.27. The molecule has 1 N–H and O–H groups in total. The first-order valence-corrected chi connectivity index (χ1v) is 7.85. The summed E-state index contributed by atoms with van der Waals surface area (Å²) in [5.41, 5.74) is 0.255. The van der Waals surface area contributed by atoms with Crippen LogP contribution in [0.1, 0.15) is 59.1 Å². The number of hydrogen-bond acceptors (Lipinski definition) is 3. The summed E-state index contributed by atoms with van der Waals surface area (Å²) in [6.45, 7) is 9.22. The lowest BCUT2D eigenvalue weighted by Crippen LogP contribution is -2.41. The Hall–Kier alpha value is -1.91. The molecule has 128 valence electrons. The summed E-state index contributed by atoms with van der Waals surface area (Å²) in [5.74, 6) is -0.311. The van der Waals surface area contributed by atoms with E-state index >= 15 is 0 Å². The molecule has 0 aliphatic rings. The van der Waals surface area contributed by atoms with Crippen LogP contribution in [0.25, 0.3) is 0 Å². The van der Waals surface area contributed by atoms with Crippen LogP contribution in [-0.4, -0.2) is 17.4 Å². The van der Waals surface area contributed by atoms with Crippen LogP contribution in [0.3, 0.4) is 0 Å². The van der Waals surface area contributed by atoms with Crippen LogP contribution < -0.4 is 5.32 Å². The number of ether oxygens (including phenoxy) is 1. The monoisotopic (exact) mass is 323 g/mol. The average molecular weight is 323 g/mol. The second-order valence-corrected chi connectivity index (χ2v) is 6.98. The zero-order valence-electron chi connectivity index (χ0n) is 14.5. The maximum atomic E-state index is 13.1. The van der Waals surface area contributed by atoms with Crippen molar-refractivity contribution < 1.29 is 18.7 Å². The quantitative estimate of drug-likeness (QED) is 0.844. The summed E-state index contributed by atoms with van der Waals surface area (Å²) in [5, 5.41) is 2.72. The third kappa shape index (κ3) is 7.26. The van der Waals surface area contributed by atoms with Crippen LogP contribution >= 0.6 is 0 Å². The lowest BCUT2D eigenvalue weighted by Gasteiger charge is -2.24. The van der Waals surface area contributed by atoms with Gasteiger partial charge in [-0.25, -0.2) is 9.18 Å². The highest BCUT2D eigenvalue weighted by Crippen LogP contribution is 2.24. The molecule has 1 rings (SSSR count). The molecule has 0 saturated heterocycles. The molecular formula is C18H26FNO3. The van der Waals surface area contributed by atoms with Crippen molar-refractivity contribution in [2.75, 3.05) is 0 Å². The molecule has 0 unspecified atom stereocenters. The van der Waals surface area contributed by atoms with E-state index in [-0.39, 0.29) is 17.5 Å². The lowest BCUT2D eigenvalue weighted by molar-refractivity contribution is -0.122. The van der Waals surface area contributed by atoms with Crippen molar-refractivity contribution in [2.24, 2.45) is 5.92 Å². The van der Waals surface area contributed by atoms with E-state index in [0.29, 0.717) is 18.4 Å². The first-order valence-electron chi connectivity index (χ1n) is 7.85. The second kappa shape index (κ2) is 8.09. The Balaban J connectivity index is 2.81. The number of carbonyl (C=O) groups excluding carboxylic acids is 2. The van der Waals surface area contributed by atoms with Gasteiger partial charge in [-0.3, -0.25) is 4.79 Å². The zero-order chi connectivity index (χ0) is 17.6. The van der Waals surface area contributed by atoms with E-state index in [1.165, 1.54) is 12.1 Å². The van der Waals surface area contributed by atoms with E-state index in [1.807, 2.05) is 34.6 Å². The summed E-state index contributed by atoms with van der Waals surface area (Å²) in [7, 11) is 0. The van der Waals surface area contributed by atoms with Crippen molar-refractivity contribution in [3.63, 3.8) is 0 Å². The van der Waals surface area contributed by atoms with Gasteiger partial charge in [-0.15, -0.1) is 0 Å². The Morgan fingerprint density at radius 2 is 1.74 bits per heavy atom. The smallest absolute Gasteiger partial charge is 0.408 e. The molecule has 4 nitrogen and oxygen atoms in total. The maximum absolute atomic E-state index is 13.1. The minimum Gasteiger partial charge on any atom is -0.441 e. The van der Waals surface area contributed by atoms with Crippen molar-refractivity contribution in [2.45, 2.75) is 59.1 Å². The van der Waals surface area contributed by atoms with E-state index in [9.17, 15) is 14.0 Å². The molecule has 5 heteroatoms. The number of alkyl carbamates (subject to hydrolysis) is 1. The Morgan fingerprint density at radius 3 is 2.22 bits per heavy atom. The number of carbonyl (C=O) groups is 2. The minimum absolute atomic E-state index is 0.0627. The van der Waals surface area contributed by atoms with Crippen molar-refractivity contribution in [3.05, 3.63) is 35.6 Å². The van der Waals surface area contributed by atoms with Gasteiger partial charge in [0.1, 0.15) is 17.7 Å². The second-order valence-electron chi connectivity index (χ2n) is 6.98. The van der Waals surface area contributed by atoms with Gasteiger partial charge in [0.25, 0.3) is 0 Å². The van der Waals surface area contributed by atoms with E-state index in [2.05, 4.69) is 5.32 Å². The van der Waals surface area contributed by atoms with Crippen LogP contribution in [-0.2, 0) is 9.53 Å². The van der Waals surface area contributed by atoms with Crippen LogP contribution in [0, 0.1) is 11.7 Å². The normalized spacial score (nSPS) is 12.8. The Morgan fingerprint density at radius 1 is 1.17 bits per heavy atom. The zero-order valence-corrected chi connectivity index (χ0v) is 14.5. The van der Waals surface area contributed by atoms with Gasteiger partial charge in [0.2, 0.25) is 0 Å². The van der Waals surface area contributed by atoms with Crippen LogP contribution in [0.4, 0.5) is 9.18 Å². The summed E-state index contributed by atoms with van der Waals surface area (Å²) < 4.78 is 18.5. The van der Waals surface area contributed by atoms with Crippen LogP contribution in [0.15, 0.2) is 24.3 Å².